The first kappa shape index (κ1) is 16.3. The predicted octanol–water partition coefficient (Wildman–Crippen LogP) is 3.33. The first-order valence-corrected chi connectivity index (χ1v) is 8.15. The van der Waals surface area contributed by atoms with E-state index in [2.05, 4.69) is 13.8 Å². The van der Waals surface area contributed by atoms with Gasteiger partial charge in [-0.2, -0.15) is 0 Å². The van der Waals surface area contributed by atoms with E-state index in [1.807, 2.05) is 0 Å². The molecule has 2 saturated carbocycles. The van der Waals surface area contributed by atoms with Gasteiger partial charge >= 0.3 is 11.9 Å². The van der Waals surface area contributed by atoms with Gasteiger partial charge in [0.05, 0.1) is 6.61 Å². The van der Waals surface area contributed by atoms with Gasteiger partial charge in [0.15, 0.2) is 0 Å². The molecule has 120 valence electrons. The number of hydrogen-bond donors (Lipinski definition) is 0. The van der Waals surface area contributed by atoms with E-state index in [0.29, 0.717) is 24.4 Å². The fourth-order valence-electron chi connectivity index (χ4n) is 4.81. The average molecular weight is 296 g/mol. The van der Waals surface area contributed by atoms with Gasteiger partial charge in [0, 0.05) is 19.8 Å². The minimum absolute atomic E-state index is 0.0761. The van der Waals surface area contributed by atoms with Gasteiger partial charge < -0.3 is 9.47 Å². The van der Waals surface area contributed by atoms with Crippen LogP contribution in [0.5, 0.6) is 0 Å². The summed E-state index contributed by atoms with van der Waals surface area (Å²) in [6.45, 7) is 7.98. The van der Waals surface area contributed by atoms with Gasteiger partial charge in [-0.15, -0.1) is 0 Å². The van der Waals surface area contributed by atoms with Gasteiger partial charge in [-0.1, -0.05) is 13.8 Å². The molecule has 0 amide bonds. The van der Waals surface area contributed by atoms with Crippen molar-refractivity contribution < 1.29 is 19.1 Å². The average Bonchev–Trinajstić information content (AvgIpc) is 2.73. The molecule has 5 unspecified atom stereocenters. The number of ether oxygens (including phenoxy) is 2. The fourth-order valence-corrected chi connectivity index (χ4v) is 4.81. The van der Waals surface area contributed by atoms with Gasteiger partial charge in [0.2, 0.25) is 0 Å². The molecule has 0 aromatic heterocycles. The fraction of sp³-hybridized carbons (Fsp3) is 0.882. The summed E-state index contributed by atoms with van der Waals surface area (Å²) in [5.41, 5.74) is 0.206. The molecule has 4 nitrogen and oxygen atoms in total. The topological polar surface area (TPSA) is 52.6 Å². The van der Waals surface area contributed by atoms with E-state index in [9.17, 15) is 9.59 Å². The maximum Gasteiger partial charge on any atom is 0.302 e. The lowest BCUT2D eigenvalue weighted by Crippen LogP contribution is -2.43. The maximum atomic E-state index is 11.3. The lowest BCUT2D eigenvalue weighted by atomic mass is 9.62. The van der Waals surface area contributed by atoms with Gasteiger partial charge in [-0.25, -0.2) is 0 Å². The summed E-state index contributed by atoms with van der Waals surface area (Å²) in [7, 11) is 0. The highest BCUT2D eigenvalue weighted by molar-refractivity contribution is 5.66. The van der Waals surface area contributed by atoms with Gasteiger partial charge in [0.25, 0.3) is 0 Å². The summed E-state index contributed by atoms with van der Waals surface area (Å²) in [4.78, 5) is 22.3. The largest absolute Gasteiger partial charge is 0.466 e. The molecule has 0 radical (unpaired) electrons. The molecule has 2 rings (SSSR count). The lowest BCUT2D eigenvalue weighted by Gasteiger charge is -2.46. The minimum Gasteiger partial charge on any atom is -0.466 e. The second-order valence-electron chi connectivity index (χ2n) is 7.12. The van der Waals surface area contributed by atoms with E-state index in [4.69, 9.17) is 9.47 Å². The molecule has 0 aromatic carbocycles. The van der Waals surface area contributed by atoms with E-state index in [-0.39, 0.29) is 23.5 Å². The highest BCUT2D eigenvalue weighted by Gasteiger charge is 2.53. The molecular weight excluding hydrogens is 268 g/mol. The van der Waals surface area contributed by atoms with E-state index in [1.165, 1.54) is 20.3 Å². The van der Waals surface area contributed by atoms with Crippen LogP contribution in [0, 0.1) is 23.2 Å². The van der Waals surface area contributed by atoms with Gasteiger partial charge in [0.1, 0.15) is 6.10 Å². The zero-order valence-corrected chi connectivity index (χ0v) is 13.7. The molecule has 21 heavy (non-hydrogen) atoms. The molecule has 2 aliphatic carbocycles. The summed E-state index contributed by atoms with van der Waals surface area (Å²) < 4.78 is 10.8. The number of rotatable bonds is 4. The van der Waals surface area contributed by atoms with Crippen LogP contribution in [-0.4, -0.2) is 24.6 Å². The van der Waals surface area contributed by atoms with Crippen LogP contribution in [0.3, 0.4) is 0 Å². The Morgan fingerprint density at radius 3 is 2.52 bits per heavy atom. The van der Waals surface area contributed by atoms with E-state index < -0.39 is 0 Å². The third kappa shape index (κ3) is 3.41. The number of esters is 2. The van der Waals surface area contributed by atoms with Crippen molar-refractivity contribution in [3.63, 3.8) is 0 Å². The molecule has 0 bridgehead atoms. The van der Waals surface area contributed by atoms with E-state index in [0.717, 1.165) is 25.7 Å². The zero-order valence-electron chi connectivity index (χ0n) is 13.7. The Balaban J connectivity index is 2.06. The van der Waals surface area contributed by atoms with Crippen LogP contribution in [0.1, 0.15) is 59.8 Å². The van der Waals surface area contributed by atoms with Crippen molar-refractivity contribution in [3.8, 4) is 0 Å². The SMILES string of the molecule is CC(=O)OCC(C)C1CCC2C(OC(C)=O)CCCC12C. The van der Waals surface area contributed by atoms with E-state index >= 15 is 0 Å². The molecule has 5 atom stereocenters. The van der Waals surface area contributed by atoms with Crippen molar-refractivity contribution in [3.05, 3.63) is 0 Å². The van der Waals surface area contributed by atoms with Crippen LogP contribution in [0.4, 0.5) is 0 Å². The highest BCUT2D eigenvalue weighted by atomic mass is 16.5. The Kier molecular flexibility index (Phi) is 4.95. The van der Waals surface area contributed by atoms with Gasteiger partial charge in [-0.3, -0.25) is 9.59 Å². The van der Waals surface area contributed by atoms with Crippen LogP contribution in [0.25, 0.3) is 0 Å². The van der Waals surface area contributed by atoms with Crippen molar-refractivity contribution in [1.29, 1.82) is 0 Å². The van der Waals surface area contributed by atoms with Crippen molar-refractivity contribution in [2.24, 2.45) is 23.2 Å². The molecular formula is C17H28O4. The van der Waals surface area contributed by atoms with Crippen molar-refractivity contribution >= 4 is 11.9 Å². The second-order valence-corrected chi connectivity index (χ2v) is 7.12. The number of fused-ring (bicyclic) bond motifs is 1. The van der Waals surface area contributed by atoms with Crippen LogP contribution < -0.4 is 0 Å². The van der Waals surface area contributed by atoms with Crippen molar-refractivity contribution in [2.75, 3.05) is 6.61 Å². The summed E-state index contributed by atoms with van der Waals surface area (Å²) in [5, 5.41) is 0. The first-order valence-electron chi connectivity index (χ1n) is 8.15. The standard InChI is InChI=1S/C17H28O4/c1-11(10-20-12(2)18)14-7-8-15-16(21-13(3)19)6-5-9-17(14,15)4/h11,14-16H,5-10H2,1-4H3. The van der Waals surface area contributed by atoms with Gasteiger partial charge in [-0.05, 0) is 49.4 Å². The minimum atomic E-state index is -0.206. The first-order chi connectivity index (χ1) is 9.84. The molecule has 0 aromatic rings. The molecule has 0 spiro atoms. The second kappa shape index (κ2) is 6.37. The Morgan fingerprint density at radius 1 is 1.19 bits per heavy atom. The monoisotopic (exact) mass is 296 g/mol. The molecule has 0 saturated heterocycles. The molecule has 2 aliphatic rings. The van der Waals surface area contributed by atoms with Crippen LogP contribution in [-0.2, 0) is 19.1 Å². The Bertz CT molecular complexity index is 406. The Hall–Kier alpha value is -1.06. The molecule has 2 fully saturated rings. The predicted molar refractivity (Wildman–Crippen MR) is 79.5 cm³/mol. The van der Waals surface area contributed by atoms with Crippen LogP contribution >= 0.6 is 0 Å². The number of carbonyl (C=O) groups is 2. The summed E-state index contributed by atoms with van der Waals surface area (Å²) in [6, 6.07) is 0. The molecule has 4 heteroatoms. The molecule has 0 heterocycles. The normalized spacial score (nSPS) is 36.7. The lowest BCUT2D eigenvalue weighted by molar-refractivity contribution is -0.156. The van der Waals surface area contributed by atoms with E-state index in [1.54, 1.807) is 0 Å². The summed E-state index contributed by atoms with van der Waals surface area (Å²) in [5.74, 6) is 0.990. The quantitative estimate of drug-likeness (QED) is 0.747. The van der Waals surface area contributed by atoms with Crippen molar-refractivity contribution in [2.45, 2.75) is 65.9 Å². The maximum absolute atomic E-state index is 11.3. The third-order valence-electron chi connectivity index (χ3n) is 5.69. The molecule has 0 N–H and O–H groups in total. The highest BCUT2D eigenvalue weighted by Crippen LogP contribution is 2.58. The Labute approximate surface area is 127 Å². The molecule has 0 aliphatic heterocycles. The number of hydrogen-bond acceptors (Lipinski definition) is 4. The van der Waals surface area contributed by atoms with Crippen LogP contribution in [0.15, 0.2) is 0 Å². The summed E-state index contributed by atoms with van der Waals surface area (Å²) in [6.07, 6.45) is 5.62. The summed E-state index contributed by atoms with van der Waals surface area (Å²) >= 11 is 0. The van der Waals surface area contributed by atoms with Crippen molar-refractivity contribution in [1.82, 2.24) is 0 Å². The van der Waals surface area contributed by atoms with Crippen LogP contribution in [0.2, 0.25) is 0 Å². The number of carbonyl (C=O) groups excluding carboxylic acids is 2. The zero-order chi connectivity index (χ0) is 15.6. The Morgan fingerprint density at radius 2 is 1.90 bits per heavy atom. The third-order valence-corrected chi connectivity index (χ3v) is 5.69. The smallest absolute Gasteiger partial charge is 0.302 e.